The van der Waals surface area contributed by atoms with E-state index >= 15 is 0 Å². The molecule has 0 fully saturated rings. The molecule has 0 aliphatic rings. The van der Waals surface area contributed by atoms with Gasteiger partial charge in [-0.05, 0) is 25.0 Å². The van der Waals surface area contributed by atoms with Crippen molar-refractivity contribution in [3.8, 4) is 5.75 Å². The molecule has 0 atom stereocenters. The first-order chi connectivity index (χ1) is 10.3. The highest BCUT2D eigenvalue weighted by Crippen LogP contribution is 2.29. The summed E-state index contributed by atoms with van der Waals surface area (Å²) in [6.45, 7) is 5.13. The lowest BCUT2D eigenvalue weighted by Crippen LogP contribution is -2.08. The third-order valence-electron chi connectivity index (χ3n) is 3.20. The van der Waals surface area contributed by atoms with Crippen LogP contribution in [-0.2, 0) is 6.42 Å². The molecule has 112 valence electrons. The minimum absolute atomic E-state index is 0.793. The zero-order valence-corrected chi connectivity index (χ0v) is 12.8. The van der Waals surface area contributed by atoms with E-state index in [1.54, 1.807) is 13.4 Å². The van der Waals surface area contributed by atoms with Gasteiger partial charge in [0.15, 0.2) is 0 Å². The zero-order chi connectivity index (χ0) is 15.1. The number of hydrogen-bond donors (Lipinski definition) is 2. The molecule has 0 aliphatic carbocycles. The average Bonchev–Trinajstić information content (AvgIpc) is 2.53. The van der Waals surface area contributed by atoms with Gasteiger partial charge in [0.1, 0.15) is 23.7 Å². The Bertz CT molecular complexity index is 586. The van der Waals surface area contributed by atoms with Crippen LogP contribution in [0.4, 0.5) is 17.3 Å². The predicted octanol–water partition coefficient (Wildman–Crippen LogP) is 3.61. The fraction of sp³-hybridized carbons (Fsp3) is 0.375. The summed E-state index contributed by atoms with van der Waals surface area (Å²) in [5, 5.41) is 6.69. The number of benzene rings is 1. The molecule has 1 aromatic carbocycles. The Morgan fingerprint density at radius 3 is 2.57 bits per heavy atom. The van der Waals surface area contributed by atoms with Gasteiger partial charge < -0.3 is 15.4 Å². The molecule has 0 unspecified atom stereocenters. The molecule has 2 aromatic rings. The first-order valence-corrected chi connectivity index (χ1v) is 7.27. The lowest BCUT2D eigenvalue weighted by molar-refractivity contribution is 0.417. The maximum atomic E-state index is 5.36. The molecule has 0 radical (unpaired) electrons. The van der Waals surface area contributed by atoms with Gasteiger partial charge in [-0.25, -0.2) is 9.97 Å². The van der Waals surface area contributed by atoms with E-state index in [2.05, 4.69) is 34.4 Å². The molecule has 2 N–H and O–H groups in total. The largest absolute Gasteiger partial charge is 0.495 e. The molecular formula is C16H22N4O. The summed E-state index contributed by atoms with van der Waals surface area (Å²) in [4.78, 5) is 8.71. The second-order valence-electron chi connectivity index (χ2n) is 4.66. The van der Waals surface area contributed by atoms with Gasteiger partial charge in [0.2, 0.25) is 0 Å². The molecule has 1 aromatic heterocycles. The van der Waals surface area contributed by atoms with E-state index in [0.29, 0.717) is 0 Å². The van der Waals surface area contributed by atoms with Crippen molar-refractivity contribution >= 4 is 17.3 Å². The summed E-state index contributed by atoms with van der Waals surface area (Å²) in [6.07, 6.45) is 3.49. The topological polar surface area (TPSA) is 59.1 Å². The Balaban J connectivity index is 2.31. The van der Waals surface area contributed by atoms with Gasteiger partial charge in [0.05, 0.1) is 12.8 Å². The van der Waals surface area contributed by atoms with Crippen LogP contribution in [0.25, 0.3) is 0 Å². The lowest BCUT2D eigenvalue weighted by atomic mass is 10.2. The van der Waals surface area contributed by atoms with Gasteiger partial charge >= 0.3 is 0 Å². The van der Waals surface area contributed by atoms with Crippen molar-refractivity contribution < 1.29 is 4.74 Å². The molecule has 0 saturated heterocycles. The Kier molecular flexibility index (Phi) is 5.37. The number of anilines is 3. The second kappa shape index (κ2) is 7.47. The van der Waals surface area contributed by atoms with Crippen molar-refractivity contribution in [3.63, 3.8) is 0 Å². The van der Waals surface area contributed by atoms with E-state index in [0.717, 1.165) is 48.0 Å². The van der Waals surface area contributed by atoms with Crippen molar-refractivity contribution in [2.45, 2.75) is 26.7 Å². The zero-order valence-electron chi connectivity index (χ0n) is 12.8. The molecular weight excluding hydrogens is 264 g/mol. The quantitative estimate of drug-likeness (QED) is 0.814. The number of para-hydroxylation sites is 2. The summed E-state index contributed by atoms with van der Waals surface area (Å²) in [5.41, 5.74) is 1.98. The average molecular weight is 286 g/mol. The Morgan fingerprint density at radius 2 is 1.86 bits per heavy atom. The fourth-order valence-corrected chi connectivity index (χ4v) is 2.13. The van der Waals surface area contributed by atoms with Crippen LogP contribution in [0.3, 0.4) is 0 Å². The van der Waals surface area contributed by atoms with Crippen LogP contribution in [0.15, 0.2) is 30.6 Å². The third kappa shape index (κ3) is 3.62. The maximum Gasteiger partial charge on any atom is 0.142 e. The molecule has 5 nitrogen and oxygen atoms in total. The highest BCUT2D eigenvalue weighted by atomic mass is 16.5. The molecule has 5 heteroatoms. The van der Waals surface area contributed by atoms with Crippen molar-refractivity contribution in [2.24, 2.45) is 0 Å². The standard InChI is InChI=1S/C16H22N4O/c1-4-10-17-15-12(5-2)16(19-11-18-15)20-13-8-6-7-9-14(13)21-3/h6-9,11H,4-5,10H2,1-3H3,(H2,17,18,19,20). The van der Waals surface area contributed by atoms with Crippen LogP contribution in [0.5, 0.6) is 5.75 Å². The summed E-state index contributed by atoms with van der Waals surface area (Å²) >= 11 is 0. The maximum absolute atomic E-state index is 5.36. The van der Waals surface area contributed by atoms with E-state index < -0.39 is 0 Å². The molecule has 0 spiro atoms. The highest BCUT2D eigenvalue weighted by Gasteiger charge is 2.11. The first-order valence-electron chi connectivity index (χ1n) is 7.27. The van der Waals surface area contributed by atoms with Gasteiger partial charge in [-0.2, -0.15) is 0 Å². The van der Waals surface area contributed by atoms with E-state index in [1.165, 1.54) is 0 Å². The molecule has 0 aliphatic heterocycles. The second-order valence-corrected chi connectivity index (χ2v) is 4.66. The lowest BCUT2D eigenvalue weighted by Gasteiger charge is -2.15. The van der Waals surface area contributed by atoms with Gasteiger partial charge in [-0.3, -0.25) is 0 Å². The van der Waals surface area contributed by atoms with Crippen LogP contribution in [-0.4, -0.2) is 23.6 Å². The normalized spacial score (nSPS) is 10.2. The molecule has 2 rings (SSSR count). The smallest absolute Gasteiger partial charge is 0.142 e. The van der Waals surface area contributed by atoms with Crippen LogP contribution in [0.1, 0.15) is 25.8 Å². The number of rotatable bonds is 7. The van der Waals surface area contributed by atoms with Crippen molar-refractivity contribution in [3.05, 3.63) is 36.2 Å². The number of nitrogens with zero attached hydrogens (tertiary/aromatic N) is 2. The molecule has 1 heterocycles. The Labute approximate surface area is 125 Å². The minimum atomic E-state index is 0.793. The SMILES string of the molecule is CCCNc1ncnc(Nc2ccccc2OC)c1CC. The summed E-state index contributed by atoms with van der Waals surface area (Å²) in [7, 11) is 1.66. The number of methoxy groups -OCH3 is 1. The summed E-state index contributed by atoms with van der Waals surface area (Å²) < 4.78 is 5.36. The van der Waals surface area contributed by atoms with Crippen LogP contribution in [0.2, 0.25) is 0 Å². The van der Waals surface area contributed by atoms with Crippen molar-refractivity contribution in [1.82, 2.24) is 9.97 Å². The number of nitrogens with one attached hydrogen (secondary N) is 2. The van der Waals surface area contributed by atoms with E-state index in [4.69, 9.17) is 4.74 Å². The van der Waals surface area contributed by atoms with Gasteiger partial charge in [-0.1, -0.05) is 26.0 Å². The third-order valence-corrected chi connectivity index (χ3v) is 3.20. The van der Waals surface area contributed by atoms with E-state index in [-0.39, 0.29) is 0 Å². The summed E-state index contributed by atoms with van der Waals surface area (Å²) in [5.74, 6) is 2.50. The molecule has 0 saturated carbocycles. The van der Waals surface area contributed by atoms with Crippen LogP contribution >= 0.6 is 0 Å². The minimum Gasteiger partial charge on any atom is -0.495 e. The van der Waals surface area contributed by atoms with Gasteiger partial charge in [0, 0.05) is 12.1 Å². The molecule has 21 heavy (non-hydrogen) atoms. The Hall–Kier alpha value is -2.30. The number of ether oxygens (including phenoxy) is 1. The van der Waals surface area contributed by atoms with Crippen molar-refractivity contribution in [1.29, 1.82) is 0 Å². The molecule has 0 amide bonds. The predicted molar refractivity (Wildman–Crippen MR) is 86.5 cm³/mol. The fourth-order valence-electron chi connectivity index (χ4n) is 2.13. The monoisotopic (exact) mass is 286 g/mol. The van der Waals surface area contributed by atoms with E-state index in [1.807, 2.05) is 24.3 Å². The van der Waals surface area contributed by atoms with Crippen LogP contribution < -0.4 is 15.4 Å². The highest BCUT2D eigenvalue weighted by molar-refractivity contribution is 5.69. The summed E-state index contributed by atoms with van der Waals surface area (Å²) in [6, 6.07) is 7.80. The molecule has 0 bridgehead atoms. The number of hydrogen-bond acceptors (Lipinski definition) is 5. The van der Waals surface area contributed by atoms with Gasteiger partial charge in [0.25, 0.3) is 0 Å². The van der Waals surface area contributed by atoms with Crippen molar-refractivity contribution in [2.75, 3.05) is 24.3 Å². The van der Waals surface area contributed by atoms with E-state index in [9.17, 15) is 0 Å². The van der Waals surface area contributed by atoms with Crippen LogP contribution in [0, 0.1) is 0 Å². The number of aromatic nitrogens is 2. The Morgan fingerprint density at radius 1 is 1.10 bits per heavy atom. The van der Waals surface area contributed by atoms with Gasteiger partial charge in [-0.15, -0.1) is 0 Å². The first kappa shape index (κ1) is 15.1.